The van der Waals surface area contributed by atoms with Gasteiger partial charge in [-0.2, -0.15) is 0 Å². The van der Waals surface area contributed by atoms with Crippen LogP contribution in [0.5, 0.6) is 0 Å². The molecule has 6 heteroatoms. The third kappa shape index (κ3) is 6.44. The lowest BCUT2D eigenvalue weighted by molar-refractivity contribution is -0.124. The van der Waals surface area contributed by atoms with Gasteiger partial charge in [-0.05, 0) is 30.2 Å². The third-order valence-electron chi connectivity index (χ3n) is 3.48. The van der Waals surface area contributed by atoms with E-state index in [9.17, 15) is 9.59 Å². The minimum Gasteiger partial charge on any atom is -0.355 e. The fourth-order valence-corrected chi connectivity index (χ4v) is 3.54. The summed E-state index contributed by atoms with van der Waals surface area (Å²) in [5, 5.41) is 5.99. The van der Waals surface area contributed by atoms with Crippen molar-refractivity contribution in [3.8, 4) is 0 Å². The summed E-state index contributed by atoms with van der Waals surface area (Å²) < 4.78 is 0. The van der Waals surface area contributed by atoms with E-state index in [1.54, 1.807) is 0 Å². The topological polar surface area (TPSA) is 58.2 Å². The molecule has 0 heterocycles. The van der Waals surface area contributed by atoms with Crippen molar-refractivity contribution in [3.05, 3.63) is 70.7 Å². The Morgan fingerprint density at radius 1 is 0.960 bits per heavy atom. The number of rotatable bonds is 8. The molecule has 0 unspecified atom stereocenters. The zero-order valence-electron chi connectivity index (χ0n) is 14.0. The van der Waals surface area contributed by atoms with Gasteiger partial charge in [0, 0.05) is 11.6 Å². The fourth-order valence-electron chi connectivity index (χ4n) is 2.30. The second-order valence-corrected chi connectivity index (χ2v) is 6.91. The van der Waals surface area contributed by atoms with Gasteiger partial charge in [0.2, 0.25) is 11.8 Å². The summed E-state index contributed by atoms with van der Waals surface area (Å²) in [6, 6.07) is 17.6. The molecule has 0 bridgehead atoms. The molecule has 132 valence electrons. The van der Waals surface area contributed by atoms with Crippen LogP contribution in [0.25, 0.3) is 0 Å². The quantitative estimate of drug-likeness (QED) is 0.742. The Labute approximate surface area is 157 Å². The Morgan fingerprint density at radius 3 is 2.24 bits per heavy atom. The Balaban J connectivity index is 2.01. The van der Waals surface area contributed by atoms with Gasteiger partial charge in [0.1, 0.15) is 0 Å². The number of thioether (sulfide) groups is 1. The molecule has 0 aliphatic heterocycles. The molecule has 2 amide bonds. The molecule has 2 aromatic carbocycles. The first-order valence-corrected chi connectivity index (χ1v) is 9.48. The van der Waals surface area contributed by atoms with Crippen molar-refractivity contribution >= 4 is 35.2 Å². The highest BCUT2D eigenvalue weighted by Crippen LogP contribution is 2.35. The second kappa shape index (κ2) is 10.1. The summed E-state index contributed by atoms with van der Waals surface area (Å²) in [7, 11) is 0. The van der Waals surface area contributed by atoms with Gasteiger partial charge in [0.25, 0.3) is 0 Å². The van der Waals surface area contributed by atoms with Gasteiger partial charge in [0.05, 0.1) is 17.5 Å². The lowest BCUT2D eigenvalue weighted by Crippen LogP contribution is -2.37. The highest BCUT2D eigenvalue weighted by atomic mass is 35.5. The first kappa shape index (κ1) is 19.3. The zero-order chi connectivity index (χ0) is 18.1. The number of hydrogen-bond acceptors (Lipinski definition) is 3. The Hall–Kier alpha value is -1.98. The van der Waals surface area contributed by atoms with E-state index < -0.39 is 0 Å². The first-order valence-electron chi connectivity index (χ1n) is 8.05. The van der Waals surface area contributed by atoms with Crippen molar-refractivity contribution in [2.24, 2.45) is 0 Å². The summed E-state index contributed by atoms with van der Waals surface area (Å²) in [5.74, 6) is -0.0778. The second-order valence-electron chi connectivity index (χ2n) is 5.38. The third-order valence-corrected chi connectivity index (χ3v) is 5.03. The maximum atomic E-state index is 12.0. The van der Waals surface area contributed by atoms with Crippen LogP contribution >= 0.6 is 23.4 Å². The van der Waals surface area contributed by atoms with Crippen LogP contribution in [-0.2, 0) is 9.59 Å². The molecule has 0 fully saturated rings. The van der Waals surface area contributed by atoms with Crippen molar-refractivity contribution in [3.63, 3.8) is 0 Å². The minimum absolute atomic E-state index is 0.00415. The smallest absolute Gasteiger partial charge is 0.239 e. The van der Waals surface area contributed by atoms with Crippen LogP contribution in [0.1, 0.15) is 23.3 Å². The lowest BCUT2D eigenvalue weighted by atomic mass is 10.0. The first-order chi connectivity index (χ1) is 12.1. The van der Waals surface area contributed by atoms with E-state index in [0.29, 0.717) is 11.6 Å². The number of hydrogen-bond donors (Lipinski definition) is 2. The molecule has 0 saturated carbocycles. The number of halogens is 1. The maximum absolute atomic E-state index is 12.0. The number of amides is 2. The summed E-state index contributed by atoms with van der Waals surface area (Å²) in [6.45, 7) is 2.40. The summed E-state index contributed by atoms with van der Waals surface area (Å²) >= 11 is 7.50. The predicted octanol–water partition coefficient (Wildman–Crippen LogP) is 3.41. The lowest BCUT2D eigenvalue weighted by Gasteiger charge is -2.17. The predicted molar refractivity (Wildman–Crippen MR) is 104 cm³/mol. The van der Waals surface area contributed by atoms with Crippen LogP contribution in [0.2, 0.25) is 5.02 Å². The van der Waals surface area contributed by atoms with Crippen LogP contribution in [0.3, 0.4) is 0 Å². The Bertz CT molecular complexity index is 692. The number of nitrogens with one attached hydrogen (secondary N) is 2. The van der Waals surface area contributed by atoms with E-state index in [0.717, 1.165) is 11.1 Å². The molecule has 0 aliphatic rings. The standard InChI is InChI=1S/C19H21ClN2O2S/c1-2-21-17(23)12-22-18(24)13-25-19(14-6-4-3-5-7-14)15-8-10-16(20)11-9-15/h3-11,19H,2,12-13H2,1H3,(H,21,23)(H,22,24)/t19-/m0/s1. The molecule has 2 N–H and O–H groups in total. The molecule has 25 heavy (non-hydrogen) atoms. The molecular weight excluding hydrogens is 356 g/mol. The van der Waals surface area contributed by atoms with E-state index in [1.165, 1.54) is 11.8 Å². The molecule has 4 nitrogen and oxygen atoms in total. The van der Waals surface area contributed by atoms with Crippen molar-refractivity contribution in [2.75, 3.05) is 18.8 Å². The van der Waals surface area contributed by atoms with Crippen LogP contribution in [0.4, 0.5) is 0 Å². The van der Waals surface area contributed by atoms with Crippen molar-refractivity contribution in [2.45, 2.75) is 12.2 Å². The molecule has 2 rings (SSSR count). The van der Waals surface area contributed by atoms with E-state index in [4.69, 9.17) is 11.6 Å². The molecule has 2 aromatic rings. The van der Waals surface area contributed by atoms with E-state index in [-0.39, 0.29) is 29.4 Å². The van der Waals surface area contributed by atoms with Gasteiger partial charge in [-0.3, -0.25) is 9.59 Å². The van der Waals surface area contributed by atoms with Gasteiger partial charge in [0.15, 0.2) is 0 Å². The van der Waals surface area contributed by atoms with Crippen LogP contribution < -0.4 is 10.6 Å². The van der Waals surface area contributed by atoms with Gasteiger partial charge in [-0.15, -0.1) is 11.8 Å². The summed E-state index contributed by atoms with van der Waals surface area (Å²) in [5.41, 5.74) is 2.20. The van der Waals surface area contributed by atoms with E-state index in [1.807, 2.05) is 61.5 Å². The summed E-state index contributed by atoms with van der Waals surface area (Å²) in [4.78, 5) is 23.5. The van der Waals surface area contributed by atoms with Gasteiger partial charge in [-0.1, -0.05) is 54.1 Å². The highest BCUT2D eigenvalue weighted by Gasteiger charge is 2.16. The molecular formula is C19H21ClN2O2S. The van der Waals surface area contributed by atoms with Gasteiger partial charge < -0.3 is 10.6 Å². The number of carbonyl (C=O) groups excluding carboxylic acids is 2. The van der Waals surface area contributed by atoms with Gasteiger partial charge >= 0.3 is 0 Å². The van der Waals surface area contributed by atoms with Crippen molar-refractivity contribution in [1.29, 1.82) is 0 Å². The van der Waals surface area contributed by atoms with Gasteiger partial charge in [-0.25, -0.2) is 0 Å². The highest BCUT2D eigenvalue weighted by molar-refractivity contribution is 8.00. The number of likely N-dealkylation sites (N-methyl/N-ethyl adjacent to an activating group) is 1. The van der Waals surface area contributed by atoms with Crippen LogP contribution in [-0.4, -0.2) is 30.7 Å². The molecule has 0 radical (unpaired) electrons. The molecule has 0 spiro atoms. The zero-order valence-corrected chi connectivity index (χ0v) is 15.6. The van der Waals surface area contributed by atoms with Crippen LogP contribution in [0.15, 0.2) is 54.6 Å². The maximum Gasteiger partial charge on any atom is 0.239 e. The fraction of sp³-hybridized carbons (Fsp3) is 0.263. The number of benzene rings is 2. The molecule has 0 aromatic heterocycles. The van der Waals surface area contributed by atoms with E-state index >= 15 is 0 Å². The molecule has 0 aliphatic carbocycles. The van der Waals surface area contributed by atoms with Crippen molar-refractivity contribution < 1.29 is 9.59 Å². The SMILES string of the molecule is CCNC(=O)CNC(=O)CS[C@@H](c1ccccc1)c1ccc(Cl)cc1. The Kier molecular flexibility index (Phi) is 7.82. The van der Waals surface area contributed by atoms with Crippen molar-refractivity contribution in [1.82, 2.24) is 10.6 Å². The molecule has 1 atom stereocenters. The normalized spacial score (nSPS) is 11.6. The van der Waals surface area contributed by atoms with E-state index in [2.05, 4.69) is 10.6 Å². The monoisotopic (exact) mass is 376 g/mol. The largest absolute Gasteiger partial charge is 0.355 e. The summed E-state index contributed by atoms with van der Waals surface area (Å²) in [6.07, 6.45) is 0. The average molecular weight is 377 g/mol. The average Bonchev–Trinajstić information content (AvgIpc) is 2.63. The van der Waals surface area contributed by atoms with Crippen LogP contribution in [0, 0.1) is 0 Å². The molecule has 0 saturated heterocycles. The Morgan fingerprint density at radius 2 is 1.60 bits per heavy atom. The number of carbonyl (C=O) groups is 2. The minimum atomic E-state index is -0.182.